The van der Waals surface area contributed by atoms with E-state index in [1.807, 2.05) is 0 Å². The van der Waals surface area contributed by atoms with Crippen LogP contribution < -0.4 is 15.2 Å². The van der Waals surface area contributed by atoms with E-state index in [4.69, 9.17) is 5.14 Å². The maximum Gasteiger partial charge on any atom is 0.251 e. The summed E-state index contributed by atoms with van der Waals surface area (Å²) >= 11 is 0. The van der Waals surface area contributed by atoms with Gasteiger partial charge in [0.15, 0.2) is 0 Å². The minimum atomic E-state index is -3.73. The lowest BCUT2D eigenvalue weighted by molar-refractivity contribution is 0.0954. The van der Waals surface area contributed by atoms with E-state index in [-0.39, 0.29) is 10.8 Å². The lowest BCUT2D eigenvalue weighted by Gasteiger charge is -2.20. The molecule has 0 aliphatic carbocycles. The largest absolute Gasteiger partial charge is 0.352 e. The van der Waals surface area contributed by atoms with Crippen LogP contribution in [0.15, 0.2) is 53.4 Å². The summed E-state index contributed by atoms with van der Waals surface area (Å²) in [6, 6.07) is 12.3. The minimum Gasteiger partial charge on any atom is -0.352 e. The molecule has 10 heteroatoms. The van der Waals surface area contributed by atoms with E-state index >= 15 is 0 Å². The number of carbonyl (C=O) groups is 1. The Kier molecular flexibility index (Phi) is 6.71. The van der Waals surface area contributed by atoms with E-state index in [0.29, 0.717) is 24.2 Å². The number of sulfonamides is 2. The Labute approximate surface area is 171 Å². The van der Waals surface area contributed by atoms with Gasteiger partial charge >= 0.3 is 0 Å². The summed E-state index contributed by atoms with van der Waals surface area (Å²) in [7, 11) is -7.26. The number of benzene rings is 2. The summed E-state index contributed by atoms with van der Waals surface area (Å²) in [4.78, 5) is 12.3. The Morgan fingerprint density at radius 3 is 1.97 bits per heavy atom. The van der Waals surface area contributed by atoms with Gasteiger partial charge in [0.05, 0.1) is 9.64 Å². The first-order valence-corrected chi connectivity index (χ1v) is 11.8. The van der Waals surface area contributed by atoms with Crippen molar-refractivity contribution in [3.05, 3.63) is 59.7 Å². The van der Waals surface area contributed by atoms with Gasteiger partial charge < -0.3 is 5.32 Å². The fourth-order valence-corrected chi connectivity index (χ4v) is 3.53. The molecule has 29 heavy (non-hydrogen) atoms. The number of nitrogens with two attached hydrogens (primary N) is 1. The van der Waals surface area contributed by atoms with E-state index < -0.39 is 24.8 Å². The average Bonchev–Trinajstić information content (AvgIpc) is 2.60. The average molecular weight is 440 g/mol. The predicted octanol–water partition coefficient (Wildman–Crippen LogP) is 1.85. The smallest absolute Gasteiger partial charge is 0.251 e. The number of anilines is 1. The van der Waals surface area contributed by atoms with Crippen molar-refractivity contribution in [3.63, 3.8) is 0 Å². The van der Waals surface area contributed by atoms with E-state index in [9.17, 15) is 21.6 Å². The molecular formula is C19H25N3O5S2. The SMILES string of the molecule is CC(C)(C)S(=O)(=O)Nc1ccc(C(=O)NCCc2ccc(S(N)(=O)=O)cc2)cc1. The summed E-state index contributed by atoms with van der Waals surface area (Å²) in [5, 5.41) is 7.82. The Morgan fingerprint density at radius 1 is 0.931 bits per heavy atom. The molecule has 0 saturated carbocycles. The van der Waals surface area contributed by atoms with Crippen LogP contribution in [0.5, 0.6) is 0 Å². The zero-order valence-electron chi connectivity index (χ0n) is 16.5. The number of nitrogens with one attached hydrogen (secondary N) is 2. The molecule has 4 N–H and O–H groups in total. The van der Waals surface area contributed by atoms with Gasteiger partial charge in [-0.05, 0) is 69.2 Å². The van der Waals surface area contributed by atoms with Gasteiger partial charge in [0.2, 0.25) is 20.0 Å². The highest BCUT2D eigenvalue weighted by atomic mass is 32.2. The molecule has 0 bridgehead atoms. The molecule has 0 heterocycles. The first kappa shape index (κ1) is 22.9. The molecule has 0 aromatic heterocycles. The van der Waals surface area contributed by atoms with Gasteiger partial charge in [0.1, 0.15) is 0 Å². The van der Waals surface area contributed by atoms with Crippen LogP contribution in [-0.2, 0) is 26.5 Å². The molecule has 2 rings (SSSR count). The van der Waals surface area contributed by atoms with Crippen molar-refractivity contribution in [3.8, 4) is 0 Å². The fourth-order valence-electron chi connectivity index (χ4n) is 2.27. The van der Waals surface area contributed by atoms with Crippen LogP contribution in [0.4, 0.5) is 5.69 Å². The van der Waals surface area contributed by atoms with E-state index in [1.165, 1.54) is 36.4 Å². The molecule has 158 valence electrons. The molecule has 0 spiro atoms. The Morgan fingerprint density at radius 2 is 1.48 bits per heavy atom. The van der Waals surface area contributed by atoms with Crippen LogP contribution >= 0.6 is 0 Å². The van der Waals surface area contributed by atoms with Crippen LogP contribution in [0.2, 0.25) is 0 Å². The summed E-state index contributed by atoms with van der Waals surface area (Å²) in [6.07, 6.45) is 0.514. The molecule has 0 aliphatic rings. The van der Waals surface area contributed by atoms with Crippen molar-refractivity contribution in [2.24, 2.45) is 5.14 Å². The lowest BCUT2D eigenvalue weighted by atomic mass is 10.1. The fraction of sp³-hybridized carbons (Fsp3) is 0.316. The van der Waals surface area contributed by atoms with Crippen LogP contribution in [-0.4, -0.2) is 34.0 Å². The minimum absolute atomic E-state index is 0.0347. The zero-order valence-corrected chi connectivity index (χ0v) is 18.1. The van der Waals surface area contributed by atoms with Gasteiger partial charge in [-0.3, -0.25) is 9.52 Å². The Hall–Kier alpha value is -2.43. The zero-order chi connectivity index (χ0) is 21.9. The van der Waals surface area contributed by atoms with Crippen LogP contribution in [0.25, 0.3) is 0 Å². The van der Waals surface area contributed by atoms with Gasteiger partial charge in [0, 0.05) is 17.8 Å². The van der Waals surface area contributed by atoms with Crippen molar-refractivity contribution in [2.45, 2.75) is 36.8 Å². The molecule has 0 unspecified atom stereocenters. The van der Waals surface area contributed by atoms with E-state index in [1.54, 1.807) is 32.9 Å². The Bertz CT molecular complexity index is 1070. The molecule has 1 amide bonds. The van der Waals surface area contributed by atoms with Gasteiger partial charge in [0.25, 0.3) is 5.91 Å². The predicted molar refractivity (Wildman–Crippen MR) is 113 cm³/mol. The molecule has 2 aromatic rings. The van der Waals surface area contributed by atoms with Crippen LogP contribution in [0, 0.1) is 0 Å². The molecule has 0 aliphatic heterocycles. The van der Waals surface area contributed by atoms with Gasteiger partial charge in [-0.1, -0.05) is 12.1 Å². The van der Waals surface area contributed by atoms with Crippen LogP contribution in [0.1, 0.15) is 36.7 Å². The Balaban J connectivity index is 1.91. The second-order valence-electron chi connectivity index (χ2n) is 7.49. The van der Waals surface area contributed by atoms with Crippen molar-refractivity contribution in [1.29, 1.82) is 0 Å². The van der Waals surface area contributed by atoms with E-state index in [2.05, 4.69) is 10.0 Å². The lowest BCUT2D eigenvalue weighted by Crippen LogP contribution is -2.33. The number of rotatable bonds is 7. The number of hydrogen-bond donors (Lipinski definition) is 3. The first-order valence-electron chi connectivity index (χ1n) is 8.82. The molecule has 0 atom stereocenters. The van der Waals surface area contributed by atoms with Gasteiger partial charge in [-0.25, -0.2) is 22.0 Å². The molecule has 0 radical (unpaired) electrons. The third-order valence-electron chi connectivity index (χ3n) is 4.16. The third-order valence-corrected chi connectivity index (χ3v) is 7.20. The number of amides is 1. The van der Waals surface area contributed by atoms with Gasteiger partial charge in [-0.15, -0.1) is 0 Å². The second-order valence-corrected chi connectivity index (χ2v) is 11.5. The molecular weight excluding hydrogens is 414 g/mol. The molecule has 0 saturated heterocycles. The highest BCUT2D eigenvalue weighted by molar-refractivity contribution is 7.94. The number of carbonyl (C=O) groups excluding carboxylic acids is 1. The van der Waals surface area contributed by atoms with E-state index in [0.717, 1.165) is 5.56 Å². The van der Waals surface area contributed by atoms with Crippen molar-refractivity contribution >= 4 is 31.6 Å². The number of primary sulfonamides is 1. The topological polar surface area (TPSA) is 135 Å². The molecule has 8 nitrogen and oxygen atoms in total. The maximum absolute atomic E-state index is 12.2. The standard InChI is InChI=1S/C19H25N3O5S2/c1-19(2,3)29(26,27)22-16-8-6-15(7-9-16)18(23)21-13-12-14-4-10-17(11-5-14)28(20,24)25/h4-11,22H,12-13H2,1-3H3,(H,21,23)(H2,20,24,25). The highest BCUT2D eigenvalue weighted by Gasteiger charge is 2.28. The van der Waals surface area contributed by atoms with Crippen molar-refractivity contribution in [1.82, 2.24) is 5.32 Å². The monoisotopic (exact) mass is 439 g/mol. The summed E-state index contributed by atoms with van der Waals surface area (Å²) in [5.74, 6) is -0.295. The molecule has 0 fully saturated rings. The highest BCUT2D eigenvalue weighted by Crippen LogP contribution is 2.19. The normalized spacial score (nSPS) is 12.4. The third kappa shape index (κ3) is 6.28. The second kappa shape index (κ2) is 8.52. The van der Waals surface area contributed by atoms with Crippen molar-refractivity contribution in [2.75, 3.05) is 11.3 Å². The first-order chi connectivity index (χ1) is 13.3. The number of hydrogen-bond acceptors (Lipinski definition) is 5. The van der Waals surface area contributed by atoms with Gasteiger partial charge in [-0.2, -0.15) is 0 Å². The summed E-state index contributed by atoms with van der Waals surface area (Å²) < 4.78 is 48.3. The summed E-state index contributed by atoms with van der Waals surface area (Å²) in [6.45, 7) is 5.14. The molecule has 2 aromatic carbocycles. The van der Waals surface area contributed by atoms with Crippen LogP contribution in [0.3, 0.4) is 0 Å². The quantitative estimate of drug-likeness (QED) is 0.605. The van der Waals surface area contributed by atoms with Crippen molar-refractivity contribution < 1.29 is 21.6 Å². The maximum atomic E-state index is 12.2. The summed E-state index contributed by atoms with van der Waals surface area (Å²) in [5.41, 5.74) is 1.63.